The van der Waals surface area contributed by atoms with Gasteiger partial charge in [0.05, 0.1) is 12.8 Å². The Morgan fingerprint density at radius 2 is 2.26 bits per heavy atom. The van der Waals surface area contributed by atoms with E-state index in [0.717, 1.165) is 29.8 Å². The maximum absolute atomic E-state index is 11.6. The Kier molecular flexibility index (Phi) is 4.80. The van der Waals surface area contributed by atoms with Crippen molar-refractivity contribution in [3.8, 4) is 0 Å². The Balaban J connectivity index is 2.11. The van der Waals surface area contributed by atoms with Gasteiger partial charge in [-0.05, 0) is 32.1 Å². The van der Waals surface area contributed by atoms with Crippen LogP contribution in [0, 0.1) is 12.8 Å². The van der Waals surface area contributed by atoms with Crippen LogP contribution < -0.4 is 4.90 Å². The average molecular weight is 282 g/mol. The first-order valence-electron chi connectivity index (χ1n) is 6.96. The average Bonchev–Trinajstić information content (AvgIpc) is 2.66. The van der Waals surface area contributed by atoms with Crippen LogP contribution in [0.4, 0.5) is 5.13 Å². The molecule has 1 aromatic heterocycles. The second-order valence-electron chi connectivity index (χ2n) is 5.09. The van der Waals surface area contributed by atoms with E-state index in [1.165, 1.54) is 44.1 Å². The van der Waals surface area contributed by atoms with Crippen LogP contribution in [0.2, 0.25) is 0 Å². The summed E-state index contributed by atoms with van der Waals surface area (Å²) in [6.45, 7) is 6.23. The zero-order valence-electron chi connectivity index (χ0n) is 11.9. The lowest BCUT2D eigenvalue weighted by molar-refractivity contribution is 0.0605. The fourth-order valence-corrected chi connectivity index (χ4v) is 3.60. The minimum Gasteiger partial charge on any atom is -0.465 e. The third-order valence-electron chi connectivity index (χ3n) is 3.85. The Labute approximate surface area is 118 Å². The van der Waals surface area contributed by atoms with Crippen molar-refractivity contribution in [1.29, 1.82) is 0 Å². The van der Waals surface area contributed by atoms with Gasteiger partial charge in [0, 0.05) is 13.1 Å². The molecular formula is C14H22N2O2S. The van der Waals surface area contributed by atoms with Gasteiger partial charge in [-0.25, -0.2) is 9.78 Å². The molecule has 1 aromatic rings. The maximum atomic E-state index is 11.6. The minimum atomic E-state index is -0.275. The van der Waals surface area contributed by atoms with Crippen LogP contribution in [0.25, 0.3) is 0 Å². The van der Waals surface area contributed by atoms with Crippen molar-refractivity contribution in [1.82, 2.24) is 4.98 Å². The quantitative estimate of drug-likeness (QED) is 0.798. The molecule has 2 rings (SSSR count). The number of hydrogen-bond acceptors (Lipinski definition) is 5. The molecule has 0 amide bonds. The van der Waals surface area contributed by atoms with E-state index in [1.807, 2.05) is 6.92 Å². The molecule has 0 aliphatic carbocycles. The molecule has 1 aliphatic heterocycles. The third kappa shape index (κ3) is 3.26. The zero-order chi connectivity index (χ0) is 13.8. The number of carbonyl (C=O) groups is 1. The Morgan fingerprint density at radius 1 is 1.47 bits per heavy atom. The van der Waals surface area contributed by atoms with E-state index in [1.54, 1.807) is 0 Å². The second-order valence-corrected chi connectivity index (χ2v) is 6.07. The summed E-state index contributed by atoms with van der Waals surface area (Å²) < 4.78 is 4.79. The van der Waals surface area contributed by atoms with Crippen molar-refractivity contribution in [2.45, 2.75) is 39.5 Å². The number of esters is 1. The Morgan fingerprint density at radius 3 is 2.95 bits per heavy atom. The lowest BCUT2D eigenvalue weighted by atomic mass is 9.98. The monoisotopic (exact) mass is 282 g/mol. The zero-order valence-corrected chi connectivity index (χ0v) is 12.8. The molecule has 0 saturated carbocycles. The number of ether oxygens (including phenoxy) is 1. The predicted octanol–water partition coefficient (Wildman–Crippen LogP) is 3.25. The van der Waals surface area contributed by atoms with Crippen LogP contribution in [-0.2, 0) is 4.74 Å². The molecular weight excluding hydrogens is 260 g/mol. The molecule has 1 aliphatic rings. The summed E-state index contributed by atoms with van der Waals surface area (Å²) in [5, 5.41) is 0.967. The van der Waals surface area contributed by atoms with Gasteiger partial charge < -0.3 is 9.64 Å². The molecule has 1 unspecified atom stereocenters. The molecule has 0 aromatic carbocycles. The van der Waals surface area contributed by atoms with Gasteiger partial charge in [-0.2, -0.15) is 0 Å². The number of nitrogens with zero attached hydrogens (tertiary/aromatic N) is 2. The summed E-state index contributed by atoms with van der Waals surface area (Å²) in [6.07, 6.45) is 5.01. The van der Waals surface area contributed by atoms with Gasteiger partial charge in [-0.3, -0.25) is 0 Å². The molecule has 2 heterocycles. The molecule has 0 spiro atoms. The topological polar surface area (TPSA) is 42.4 Å². The standard InChI is InChI=1S/C14H22N2O2S/c1-4-11-6-5-8-16(9-7-11)14-15-10(2)12(19-14)13(17)18-3/h11H,4-9H2,1-3H3. The number of aryl methyl sites for hydroxylation is 1. The van der Waals surface area contributed by atoms with Crippen molar-refractivity contribution >= 4 is 22.4 Å². The Bertz CT molecular complexity index is 445. The molecule has 1 atom stereocenters. The summed E-state index contributed by atoms with van der Waals surface area (Å²) in [5.41, 5.74) is 0.781. The highest BCUT2D eigenvalue weighted by molar-refractivity contribution is 7.17. The van der Waals surface area contributed by atoms with Gasteiger partial charge in [0.2, 0.25) is 0 Å². The molecule has 5 heteroatoms. The number of carbonyl (C=O) groups excluding carboxylic acids is 1. The summed E-state index contributed by atoms with van der Waals surface area (Å²) in [6, 6.07) is 0. The molecule has 0 radical (unpaired) electrons. The summed E-state index contributed by atoms with van der Waals surface area (Å²) >= 11 is 1.46. The fraction of sp³-hybridized carbons (Fsp3) is 0.714. The van der Waals surface area contributed by atoms with Crippen LogP contribution >= 0.6 is 11.3 Å². The van der Waals surface area contributed by atoms with Gasteiger partial charge in [0.25, 0.3) is 0 Å². The maximum Gasteiger partial charge on any atom is 0.350 e. The van der Waals surface area contributed by atoms with E-state index >= 15 is 0 Å². The van der Waals surface area contributed by atoms with Crippen molar-refractivity contribution in [2.75, 3.05) is 25.1 Å². The first-order chi connectivity index (χ1) is 9.15. The van der Waals surface area contributed by atoms with Crippen LogP contribution in [0.5, 0.6) is 0 Å². The lowest BCUT2D eigenvalue weighted by Crippen LogP contribution is -2.23. The van der Waals surface area contributed by atoms with Gasteiger partial charge in [-0.15, -0.1) is 0 Å². The number of hydrogen-bond donors (Lipinski definition) is 0. The van der Waals surface area contributed by atoms with Crippen LogP contribution in [0.3, 0.4) is 0 Å². The number of thiazole rings is 1. The SMILES string of the molecule is CCC1CCCN(c2nc(C)c(C(=O)OC)s2)CC1. The second kappa shape index (κ2) is 6.37. The first-order valence-corrected chi connectivity index (χ1v) is 7.78. The molecule has 19 heavy (non-hydrogen) atoms. The van der Waals surface area contributed by atoms with Gasteiger partial charge >= 0.3 is 5.97 Å². The largest absolute Gasteiger partial charge is 0.465 e. The molecule has 106 valence electrons. The molecule has 1 fully saturated rings. The van der Waals surface area contributed by atoms with Crippen LogP contribution in [0.15, 0.2) is 0 Å². The summed E-state index contributed by atoms with van der Waals surface area (Å²) in [4.78, 5) is 19.1. The highest BCUT2D eigenvalue weighted by atomic mass is 32.1. The predicted molar refractivity (Wildman–Crippen MR) is 78.0 cm³/mol. The van der Waals surface area contributed by atoms with Gasteiger partial charge in [0.1, 0.15) is 4.88 Å². The van der Waals surface area contributed by atoms with E-state index < -0.39 is 0 Å². The van der Waals surface area contributed by atoms with Crippen molar-refractivity contribution in [3.63, 3.8) is 0 Å². The fourth-order valence-electron chi connectivity index (χ4n) is 2.56. The molecule has 4 nitrogen and oxygen atoms in total. The number of methoxy groups -OCH3 is 1. The van der Waals surface area contributed by atoms with Gasteiger partial charge in [-0.1, -0.05) is 24.7 Å². The van der Waals surface area contributed by atoms with E-state index in [0.29, 0.717) is 4.88 Å². The van der Waals surface area contributed by atoms with Crippen molar-refractivity contribution < 1.29 is 9.53 Å². The number of rotatable bonds is 3. The number of anilines is 1. The van der Waals surface area contributed by atoms with Gasteiger partial charge in [0.15, 0.2) is 5.13 Å². The summed E-state index contributed by atoms with van der Waals surface area (Å²) in [5.74, 6) is 0.564. The van der Waals surface area contributed by atoms with E-state index in [9.17, 15) is 4.79 Å². The van der Waals surface area contributed by atoms with E-state index in [2.05, 4.69) is 16.8 Å². The normalized spacial score (nSPS) is 20.2. The number of aromatic nitrogens is 1. The highest BCUT2D eigenvalue weighted by Crippen LogP contribution is 2.30. The first kappa shape index (κ1) is 14.3. The lowest BCUT2D eigenvalue weighted by Gasteiger charge is -2.19. The molecule has 0 N–H and O–H groups in total. The Hall–Kier alpha value is -1.10. The minimum absolute atomic E-state index is 0.275. The highest BCUT2D eigenvalue weighted by Gasteiger charge is 2.21. The molecule has 1 saturated heterocycles. The van der Waals surface area contributed by atoms with E-state index in [-0.39, 0.29) is 5.97 Å². The van der Waals surface area contributed by atoms with E-state index in [4.69, 9.17) is 4.74 Å². The summed E-state index contributed by atoms with van der Waals surface area (Å²) in [7, 11) is 1.42. The smallest absolute Gasteiger partial charge is 0.350 e. The third-order valence-corrected chi connectivity index (χ3v) is 5.05. The van der Waals surface area contributed by atoms with Crippen LogP contribution in [0.1, 0.15) is 48.0 Å². The van der Waals surface area contributed by atoms with Crippen LogP contribution in [-0.4, -0.2) is 31.2 Å². The molecule has 0 bridgehead atoms. The van der Waals surface area contributed by atoms with Crippen molar-refractivity contribution in [3.05, 3.63) is 10.6 Å². The van der Waals surface area contributed by atoms with Crippen molar-refractivity contribution in [2.24, 2.45) is 5.92 Å².